The first-order valence-corrected chi connectivity index (χ1v) is 18.4. The van der Waals surface area contributed by atoms with E-state index < -0.39 is 0 Å². The zero-order chi connectivity index (χ0) is 34.5. The summed E-state index contributed by atoms with van der Waals surface area (Å²) in [6.07, 6.45) is 4.94. The highest BCUT2D eigenvalue weighted by molar-refractivity contribution is 9.10. The summed E-state index contributed by atoms with van der Waals surface area (Å²) in [7, 11) is 0. The van der Waals surface area contributed by atoms with Crippen LogP contribution in [0.4, 0.5) is 15.3 Å². The van der Waals surface area contributed by atoms with Crippen LogP contribution in [0.15, 0.2) is 53.1 Å². The van der Waals surface area contributed by atoms with E-state index in [0.717, 1.165) is 99.6 Å². The fraction of sp³-hybridized carbons (Fsp3) is 0.541. The van der Waals surface area contributed by atoms with E-state index in [-0.39, 0.29) is 30.1 Å². The number of nitrogens with zero attached hydrogens (tertiary/aromatic N) is 4. The van der Waals surface area contributed by atoms with Crippen LogP contribution in [0.5, 0.6) is 5.75 Å². The molecule has 1 atom stereocenters. The summed E-state index contributed by atoms with van der Waals surface area (Å²) in [5, 5.41) is 6.42. The summed E-state index contributed by atoms with van der Waals surface area (Å²) in [5.41, 5.74) is 4.76. The van der Waals surface area contributed by atoms with Gasteiger partial charge in [-0.05, 0) is 90.2 Å². The standard InChI is InChI=1S/C37H49BrN6O5/c1-25-22-28(23-32(38)35(25)49-27(3)45)24-34(26(2)41-16-18-42(19-17-41)30-11-20-48-21-12-30)40-36(46)43-13-9-31(10-14-43)44-15-8-29-6-4-5-7-33(29)39-37(44)47/h4-7,22-23,30-31,34H,2,8-21,24H2,1,3H3,(H,39,47)(H,40,46)/t34-/m1/s1. The molecule has 0 saturated carbocycles. The van der Waals surface area contributed by atoms with Crippen LogP contribution in [0.25, 0.3) is 0 Å². The average molecular weight is 738 g/mol. The Kier molecular flexibility index (Phi) is 11.5. The van der Waals surface area contributed by atoms with Crippen molar-refractivity contribution in [1.82, 2.24) is 24.9 Å². The Morgan fingerprint density at radius 3 is 2.41 bits per heavy atom. The Bertz CT molecular complexity index is 1510. The lowest BCUT2D eigenvalue weighted by molar-refractivity contribution is -0.132. The highest BCUT2D eigenvalue weighted by Gasteiger charge is 2.33. The Morgan fingerprint density at radius 2 is 1.71 bits per heavy atom. The molecular formula is C37H49BrN6O5. The third-order valence-corrected chi connectivity index (χ3v) is 11.0. The number of esters is 1. The number of amides is 4. The third-order valence-electron chi connectivity index (χ3n) is 10.4. The van der Waals surface area contributed by atoms with Gasteiger partial charge in [-0.3, -0.25) is 9.69 Å². The molecule has 0 spiro atoms. The van der Waals surface area contributed by atoms with Gasteiger partial charge in [0.05, 0.1) is 10.5 Å². The van der Waals surface area contributed by atoms with Crippen LogP contribution in [0.1, 0.15) is 49.3 Å². The summed E-state index contributed by atoms with van der Waals surface area (Å²) in [6, 6.07) is 12.1. The normalized spacial score (nSPS) is 20.2. The topological polar surface area (TPSA) is 107 Å². The molecule has 4 aliphatic heterocycles. The zero-order valence-corrected chi connectivity index (χ0v) is 30.3. The van der Waals surface area contributed by atoms with Crippen molar-refractivity contribution < 1.29 is 23.9 Å². The summed E-state index contributed by atoms with van der Waals surface area (Å²) in [6.45, 7) is 14.9. The van der Waals surface area contributed by atoms with Crippen molar-refractivity contribution in [3.8, 4) is 5.75 Å². The van der Waals surface area contributed by atoms with E-state index in [9.17, 15) is 14.4 Å². The first-order chi connectivity index (χ1) is 23.7. The number of nitrogens with one attached hydrogen (secondary N) is 2. The van der Waals surface area contributed by atoms with Gasteiger partial charge in [-0.25, -0.2) is 9.59 Å². The molecule has 49 heavy (non-hydrogen) atoms. The van der Waals surface area contributed by atoms with Crippen LogP contribution in [-0.2, 0) is 22.4 Å². The van der Waals surface area contributed by atoms with Crippen LogP contribution in [0.2, 0.25) is 0 Å². The third kappa shape index (κ3) is 8.59. The minimum absolute atomic E-state index is 0.0673. The van der Waals surface area contributed by atoms with Gasteiger partial charge in [0.25, 0.3) is 0 Å². The second-order valence-corrected chi connectivity index (χ2v) is 14.5. The molecule has 2 N–H and O–H groups in total. The summed E-state index contributed by atoms with van der Waals surface area (Å²) in [4.78, 5) is 47.4. The summed E-state index contributed by atoms with van der Waals surface area (Å²) >= 11 is 3.59. The number of ether oxygens (including phenoxy) is 2. The molecular weight excluding hydrogens is 688 g/mol. The molecule has 6 rings (SSSR count). The number of carbonyl (C=O) groups excluding carboxylic acids is 3. The molecule has 2 aromatic carbocycles. The zero-order valence-electron chi connectivity index (χ0n) is 28.7. The Balaban J connectivity index is 1.11. The predicted molar refractivity (Wildman–Crippen MR) is 193 cm³/mol. The van der Waals surface area contributed by atoms with E-state index in [1.807, 2.05) is 47.1 Å². The molecule has 0 bridgehead atoms. The molecule has 3 saturated heterocycles. The number of likely N-dealkylation sites (tertiary alicyclic amines) is 1. The second-order valence-electron chi connectivity index (χ2n) is 13.6. The molecule has 4 heterocycles. The van der Waals surface area contributed by atoms with Crippen LogP contribution in [-0.4, -0.2) is 115 Å². The Hall–Kier alpha value is -3.61. The molecule has 0 unspecified atom stereocenters. The Labute approximate surface area is 298 Å². The molecule has 4 aliphatic rings. The van der Waals surface area contributed by atoms with Gasteiger partial charge in [0.2, 0.25) is 0 Å². The smallest absolute Gasteiger partial charge is 0.322 e. The van der Waals surface area contributed by atoms with Crippen LogP contribution >= 0.6 is 15.9 Å². The monoisotopic (exact) mass is 736 g/mol. The molecule has 11 nitrogen and oxygen atoms in total. The quantitative estimate of drug-likeness (QED) is 0.285. The predicted octanol–water partition coefficient (Wildman–Crippen LogP) is 5.17. The van der Waals surface area contributed by atoms with E-state index >= 15 is 0 Å². The number of piperazine rings is 1. The van der Waals surface area contributed by atoms with Crippen LogP contribution in [0, 0.1) is 6.92 Å². The highest BCUT2D eigenvalue weighted by atomic mass is 79.9. The molecule has 3 fully saturated rings. The minimum atomic E-state index is -0.375. The van der Waals surface area contributed by atoms with Crippen molar-refractivity contribution in [1.29, 1.82) is 0 Å². The van der Waals surface area contributed by atoms with Crippen LogP contribution < -0.4 is 15.4 Å². The van der Waals surface area contributed by atoms with E-state index in [4.69, 9.17) is 9.47 Å². The first-order valence-electron chi connectivity index (χ1n) is 17.6. The number of hydrogen-bond donors (Lipinski definition) is 2. The van der Waals surface area contributed by atoms with Gasteiger partial charge in [-0.15, -0.1) is 0 Å². The minimum Gasteiger partial charge on any atom is -0.425 e. The maximum absolute atomic E-state index is 13.9. The number of aryl methyl sites for hydroxylation is 1. The number of benzene rings is 2. The maximum atomic E-state index is 13.9. The number of halogens is 1. The largest absolute Gasteiger partial charge is 0.425 e. The highest BCUT2D eigenvalue weighted by Crippen LogP contribution is 2.32. The van der Waals surface area contributed by atoms with Gasteiger partial charge in [0.1, 0.15) is 5.75 Å². The number of hydrogen-bond acceptors (Lipinski definition) is 7. The SMILES string of the molecule is C=C([C@@H](Cc1cc(C)c(OC(C)=O)c(Br)c1)NC(=O)N1CCC(N2CCc3ccccc3NC2=O)CC1)N1CCN(C2CCOCC2)CC1. The van der Waals surface area contributed by atoms with Crippen LogP contribution in [0.3, 0.4) is 0 Å². The van der Waals surface area contributed by atoms with E-state index in [2.05, 4.69) is 49.0 Å². The van der Waals surface area contributed by atoms with Gasteiger partial charge in [-0.2, -0.15) is 0 Å². The van der Waals surface area contributed by atoms with Crippen molar-refractivity contribution >= 4 is 39.6 Å². The van der Waals surface area contributed by atoms with Gasteiger partial charge in [0, 0.05) is 89.4 Å². The lowest BCUT2D eigenvalue weighted by Crippen LogP contribution is -2.56. The lowest BCUT2D eigenvalue weighted by atomic mass is 9.99. The second kappa shape index (κ2) is 15.9. The van der Waals surface area contributed by atoms with Crippen molar-refractivity contribution in [2.45, 2.75) is 70.5 Å². The van der Waals surface area contributed by atoms with Crippen molar-refractivity contribution in [2.75, 3.05) is 64.3 Å². The molecule has 0 aliphatic carbocycles. The van der Waals surface area contributed by atoms with E-state index in [0.29, 0.717) is 42.3 Å². The molecule has 0 radical (unpaired) electrons. The maximum Gasteiger partial charge on any atom is 0.322 e. The van der Waals surface area contributed by atoms with Gasteiger partial charge in [0.15, 0.2) is 0 Å². The molecule has 0 aromatic heterocycles. The number of urea groups is 2. The van der Waals surface area contributed by atoms with Gasteiger partial charge >= 0.3 is 18.0 Å². The molecule has 2 aromatic rings. The van der Waals surface area contributed by atoms with Crippen molar-refractivity contribution in [3.63, 3.8) is 0 Å². The molecule has 12 heteroatoms. The van der Waals surface area contributed by atoms with Gasteiger partial charge in [-0.1, -0.05) is 30.8 Å². The average Bonchev–Trinajstić information content (AvgIpc) is 3.27. The molecule has 264 valence electrons. The number of para-hydroxylation sites is 1. The van der Waals surface area contributed by atoms with Crippen molar-refractivity contribution in [3.05, 3.63) is 69.8 Å². The van der Waals surface area contributed by atoms with Gasteiger partial charge < -0.3 is 34.8 Å². The Morgan fingerprint density at radius 1 is 1.00 bits per heavy atom. The van der Waals surface area contributed by atoms with E-state index in [1.165, 1.54) is 6.92 Å². The summed E-state index contributed by atoms with van der Waals surface area (Å²) in [5.74, 6) is 0.130. The van der Waals surface area contributed by atoms with E-state index in [1.54, 1.807) is 0 Å². The lowest BCUT2D eigenvalue weighted by Gasteiger charge is -2.43. The number of piperidine rings is 1. The van der Waals surface area contributed by atoms with Crippen molar-refractivity contribution in [2.24, 2.45) is 0 Å². The fourth-order valence-corrected chi connectivity index (χ4v) is 8.37. The fourth-order valence-electron chi connectivity index (χ4n) is 7.68. The molecule has 4 amide bonds. The number of fused-ring (bicyclic) bond motifs is 1. The number of anilines is 1. The first kappa shape index (κ1) is 35.2. The summed E-state index contributed by atoms with van der Waals surface area (Å²) < 4.78 is 11.7. The number of rotatable bonds is 8. The number of carbonyl (C=O) groups is 3.